The van der Waals surface area contributed by atoms with Crippen molar-refractivity contribution in [1.29, 1.82) is 0 Å². The largest absolute Gasteiger partial charge is 0.480 e. The van der Waals surface area contributed by atoms with Gasteiger partial charge in [0.2, 0.25) is 5.88 Å². The van der Waals surface area contributed by atoms with E-state index in [1.807, 2.05) is 41.2 Å². The molecule has 1 unspecified atom stereocenters. The summed E-state index contributed by atoms with van der Waals surface area (Å²) in [5.41, 5.74) is 4.69. The number of nitrogens with zero attached hydrogens (tertiary/aromatic N) is 6. The summed E-state index contributed by atoms with van der Waals surface area (Å²) < 4.78 is 7.18. The summed E-state index contributed by atoms with van der Waals surface area (Å²) in [7, 11) is 1.57. The van der Waals surface area contributed by atoms with Crippen LogP contribution >= 0.6 is 0 Å². The Balaban J connectivity index is 1.55. The molecule has 4 aromatic rings. The zero-order chi connectivity index (χ0) is 21.6. The maximum absolute atomic E-state index is 7.39. The number of pyridine rings is 1. The minimum atomic E-state index is 0.354. The summed E-state index contributed by atoms with van der Waals surface area (Å²) in [5, 5.41) is 13.8. The van der Waals surface area contributed by atoms with Crippen molar-refractivity contribution in [2.75, 3.05) is 7.11 Å². The zero-order valence-corrected chi connectivity index (χ0v) is 17.7. The molecule has 3 aromatic heterocycles. The molecule has 1 aliphatic carbocycles. The number of fused-ring (bicyclic) bond motifs is 1. The van der Waals surface area contributed by atoms with Crippen LogP contribution in [0.5, 0.6) is 5.88 Å². The molecule has 1 aromatic carbocycles. The molecule has 5 rings (SSSR count). The van der Waals surface area contributed by atoms with Gasteiger partial charge in [-0.25, -0.2) is 0 Å². The number of benzene rings is 1. The Morgan fingerprint density at radius 2 is 2.00 bits per heavy atom. The molecule has 154 valence electrons. The fourth-order valence-electron chi connectivity index (χ4n) is 3.94. The van der Waals surface area contributed by atoms with E-state index in [0.29, 0.717) is 23.0 Å². The van der Waals surface area contributed by atoms with Crippen LogP contribution in [0.4, 0.5) is 5.82 Å². The first-order valence-corrected chi connectivity index (χ1v) is 10.2. The second-order valence-electron chi connectivity index (χ2n) is 8.68. The number of hydrogen-bond donors (Lipinski definition) is 0. The van der Waals surface area contributed by atoms with Gasteiger partial charge in [0, 0.05) is 40.9 Å². The molecule has 0 N–H and O–H groups in total. The van der Waals surface area contributed by atoms with Gasteiger partial charge < -0.3 is 9.58 Å². The highest BCUT2D eigenvalue weighted by molar-refractivity contribution is 5.88. The molecule has 0 bridgehead atoms. The number of rotatable bonds is 5. The van der Waals surface area contributed by atoms with Gasteiger partial charge in [-0.2, -0.15) is 5.10 Å². The zero-order valence-electron chi connectivity index (χ0n) is 17.7. The van der Waals surface area contributed by atoms with Crippen LogP contribution < -0.4 is 4.74 Å². The fraction of sp³-hybridized carbons (Fsp3) is 0.292. The maximum Gasteiger partial charge on any atom is 0.270 e. The molecule has 0 radical (unpaired) electrons. The Morgan fingerprint density at radius 1 is 1.16 bits per heavy atom. The van der Waals surface area contributed by atoms with Crippen molar-refractivity contribution in [3.63, 3.8) is 0 Å². The predicted molar refractivity (Wildman–Crippen MR) is 119 cm³/mol. The molecule has 0 amide bonds. The van der Waals surface area contributed by atoms with E-state index in [0.717, 1.165) is 39.8 Å². The normalized spacial score (nSPS) is 16.8. The molecule has 1 aliphatic rings. The average Bonchev–Trinajstić information content (AvgIpc) is 3.16. The fourth-order valence-corrected chi connectivity index (χ4v) is 3.94. The van der Waals surface area contributed by atoms with E-state index in [1.54, 1.807) is 13.2 Å². The highest BCUT2D eigenvalue weighted by Gasteiger charge is 2.45. The van der Waals surface area contributed by atoms with Gasteiger partial charge in [-0.05, 0) is 36.0 Å². The number of ether oxygens (including phenoxy) is 1. The van der Waals surface area contributed by atoms with E-state index in [4.69, 9.17) is 11.3 Å². The number of hydrogen-bond acceptors (Lipinski definition) is 5. The molecule has 1 fully saturated rings. The second-order valence-corrected chi connectivity index (χ2v) is 8.68. The third-order valence-corrected chi connectivity index (χ3v) is 6.11. The lowest BCUT2D eigenvalue weighted by atomic mass is 10.0. The van der Waals surface area contributed by atoms with E-state index in [9.17, 15) is 0 Å². The third-order valence-electron chi connectivity index (χ3n) is 6.11. The molecule has 1 atom stereocenters. The van der Waals surface area contributed by atoms with Crippen molar-refractivity contribution in [2.45, 2.75) is 26.8 Å². The van der Waals surface area contributed by atoms with Crippen molar-refractivity contribution in [2.24, 2.45) is 11.3 Å². The SMILES string of the molecule is [C-]#[N+]c1ccc(-c2cnn(CC3CC3(C)C)c2)c(-c2ccc3cc(OC)nnc3c2)n1. The van der Waals surface area contributed by atoms with Crippen LogP contribution in [0.3, 0.4) is 0 Å². The predicted octanol–water partition coefficient (Wildman–Crippen LogP) is 5.16. The van der Waals surface area contributed by atoms with Gasteiger partial charge in [0.15, 0.2) is 5.69 Å². The van der Waals surface area contributed by atoms with Gasteiger partial charge in [-0.3, -0.25) is 4.68 Å². The summed E-state index contributed by atoms with van der Waals surface area (Å²) in [6.07, 6.45) is 5.18. The van der Waals surface area contributed by atoms with Crippen LogP contribution in [0.1, 0.15) is 20.3 Å². The molecule has 31 heavy (non-hydrogen) atoms. The molecule has 0 spiro atoms. The van der Waals surface area contributed by atoms with Crippen LogP contribution in [0, 0.1) is 17.9 Å². The van der Waals surface area contributed by atoms with Crippen LogP contribution in [0.25, 0.3) is 38.1 Å². The van der Waals surface area contributed by atoms with E-state index < -0.39 is 0 Å². The molecule has 0 saturated heterocycles. The smallest absolute Gasteiger partial charge is 0.270 e. The first kappa shape index (κ1) is 19.2. The van der Waals surface area contributed by atoms with Gasteiger partial charge in [-0.1, -0.05) is 32.6 Å². The topological polar surface area (TPSA) is 70.1 Å². The second kappa shape index (κ2) is 7.17. The Kier molecular flexibility index (Phi) is 4.44. The van der Waals surface area contributed by atoms with E-state index >= 15 is 0 Å². The van der Waals surface area contributed by atoms with Crippen LogP contribution in [-0.4, -0.2) is 32.1 Å². The minimum Gasteiger partial charge on any atom is -0.480 e. The van der Waals surface area contributed by atoms with Gasteiger partial charge in [0.1, 0.15) is 0 Å². The summed E-state index contributed by atoms with van der Waals surface area (Å²) in [4.78, 5) is 8.14. The summed E-state index contributed by atoms with van der Waals surface area (Å²) in [5.74, 6) is 1.49. The maximum atomic E-state index is 7.39. The quantitative estimate of drug-likeness (QED) is 0.425. The lowest BCUT2D eigenvalue weighted by Crippen LogP contribution is -2.03. The highest BCUT2D eigenvalue weighted by Crippen LogP contribution is 2.52. The van der Waals surface area contributed by atoms with Gasteiger partial charge in [0.05, 0.1) is 18.8 Å². The molecular formula is C24H22N6O. The van der Waals surface area contributed by atoms with Crippen molar-refractivity contribution in [3.05, 3.63) is 60.2 Å². The molecule has 1 saturated carbocycles. The molecule has 3 heterocycles. The molecule has 0 aliphatic heterocycles. The van der Waals surface area contributed by atoms with Crippen molar-refractivity contribution in [3.8, 4) is 28.3 Å². The number of methoxy groups -OCH3 is 1. The monoisotopic (exact) mass is 410 g/mol. The lowest BCUT2D eigenvalue weighted by molar-refractivity contribution is 0.393. The van der Waals surface area contributed by atoms with Crippen molar-refractivity contribution < 1.29 is 4.74 Å². The molecule has 7 heteroatoms. The molecule has 7 nitrogen and oxygen atoms in total. The van der Waals surface area contributed by atoms with Crippen LogP contribution in [0.15, 0.2) is 48.8 Å². The summed E-state index contributed by atoms with van der Waals surface area (Å²) in [6, 6.07) is 11.4. The number of aromatic nitrogens is 5. The summed E-state index contributed by atoms with van der Waals surface area (Å²) in [6.45, 7) is 12.9. The van der Waals surface area contributed by atoms with Crippen LogP contribution in [0.2, 0.25) is 0 Å². The van der Waals surface area contributed by atoms with Gasteiger partial charge in [0.25, 0.3) is 5.82 Å². The van der Waals surface area contributed by atoms with Crippen molar-refractivity contribution in [1.82, 2.24) is 25.0 Å². The molecular weight excluding hydrogens is 388 g/mol. The van der Waals surface area contributed by atoms with E-state index in [2.05, 4.69) is 45.2 Å². The summed E-state index contributed by atoms with van der Waals surface area (Å²) >= 11 is 0. The highest BCUT2D eigenvalue weighted by atomic mass is 16.5. The lowest BCUT2D eigenvalue weighted by Gasteiger charge is -2.07. The van der Waals surface area contributed by atoms with E-state index in [1.165, 1.54) is 6.42 Å². The van der Waals surface area contributed by atoms with Crippen LogP contribution in [-0.2, 0) is 6.54 Å². The first-order chi connectivity index (χ1) is 15.0. The third kappa shape index (κ3) is 3.61. The Bertz CT molecular complexity index is 1330. The van der Waals surface area contributed by atoms with Crippen molar-refractivity contribution >= 4 is 16.7 Å². The first-order valence-electron chi connectivity index (χ1n) is 10.2. The average molecular weight is 410 g/mol. The van der Waals surface area contributed by atoms with Gasteiger partial charge in [-0.15, -0.1) is 15.2 Å². The minimum absolute atomic E-state index is 0.354. The van der Waals surface area contributed by atoms with E-state index in [-0.39, 0.29) is 0 Å². The standard InChI is InChI=1S/C24H22N6O/c1-24(2)11-18(24)14-30-13-17(12-26-30)19-7-8-21(25-3)27-23(19)16-6-5-15-10-22(31-4)29-28-20(15)9-16/h5-10,12-13,18H,11,14H2,1-2,4H3. The van der Waals surface area contributed by atoms with Gasteiger partial charge >= 0.3 is 0 Å². The Labute approximate surface area is 180 Å². The Morgan fingerprint density at radius 3 is 2.74 bits per heavy atom. The Hall–Kier alpha value is -3.79.